The van der Waals surface area contributed by atoms with Gasteiger partial charge in [0, 0.05) is 24.6 Å². The van der Waals surface area contributed by atoms with Crippen LogP contribution in [-0.4, -0.2) is 34.1 Å². The second kappa shape index (κ2) is 5.12. The number of aliphatic carboxylic acids is 1. The monoisotopic (exact) mass is 275 g/mol. The first-order valence-electron chi connectivity index (χ1n) is 5.91. The first-order valence-corrected chi connectivity index (χ1v) is 5.91. The summed E-state index contributed by atoms with van der Waals surface area (Å²) in [4.78, 5) is 27.0. The van der Waals surface area contributed by atoms with Gasteiger partial charge in [-0.25, -0.2) is 9.78 Å². The number of nitrogens with zero attached hydrogens (tertiary/aromatic N) is 3. The predicted molar refractivity (Wildman–Crippen MR) is 73.9 cm³/mol. The standard InChI is InChI=1S/C13H13N3O4/c1-8(13(17)18)15(2)12-6-3-9-7-10(16(19)20)4-5-11(9)14-12/h3-8H,1-2H3,(H,17,18). The number of non-ortho nitro benzene ring substituents is 1. The third kappa shape index (κ3) is 2.51. The predicted octanol–water partition coefficient (Wildman–Crippen LogP) is 2.05. The Bertz CT molecular complexity index is 686. The van der Waals surface area contributed by atoms with E-state index in [0.29, 0.717) is 16.7 Å². The summed E-state index contributed by atoms with van der Waals surface area (Å²) in [6.07, 6.45) is 0. The highest BCUT2D eigenvalue weighted by atomic mass is 16.6. The lowest BCUT2D eigenvalue weighted by atomic mass is 10.2. The van der Waals surface area contributed by atoms with Crippen LogP contribution in [0.2, 0.25) is 0 Å². The number of aromatic nitrogens is 1. The molecule has 7 nitrogen and oxygen atoms in total. The summed E-state index contributed by atoms with van der Waals surface area (Å²) in [6, 6.07) is 6.99. The number of hydrogen-bond acceptors (Lipinski definition) is 5. The molecule has 2 rings (SSSR count). The molecule has 0 aliphatic rings. The molecule has 1 aromatic heterocycles. The number of nitro benzene ring substituents is 1. The van der Waals surface area contributed by atoms with Crippen molar-refractivity contribution in [2.75, 3.05) is 11.9 Å². The molecule has 20 heavy (non-hydrogen) atoms. The van der Waals surface area contributed by atoms with Crippen molar-refractivity contribution in [3.8, 4) is 0 Å². The quantitative estimate of drug-likeness (QED) is 0.677. The third-order valence-corrected chi connectivity index (χ3v) is 3.17. The van der Waals surface area contributed by atoms with Gasteiger partial charge in [-0.3, -0.25) is 10.1 Å². The molecule has 0 aliphatic carbocycles. The number of pyridine rings is 1. The van der Waals surface area contributed by atoms with Crippen LogP contribution in [0.5, 0.6) is 0 Å². The molecule has 0 spiro atoms. The average Bonchev–Trinajstić information content (AvgIpc) is 2.44. The maximum absolute atomic E-state index is 11.0. The molecule has 0 amide bonds. The summed E-state index contributed by atoms with van der Waals surface area (Å²) in [5.41, 5.74) is 0.580. The minimum absolute atomic E-state index is 0.000640. The molecule has 7 heteroatoms. The van der Waals surface area contributed by atoms with E-state index in [2.05, 4.69) is 4.98 Å². The van der Waals surface area contributed by atoms with E-state index >= 15 is 0 Å². The van der Waals surface area contributed by atoms with Crippen LogP contribution >= 0.6 is 0 Å². The molecule has 0 radical (unpaired) electrons. The molecule has 0 saturated heterocycles. The number of carboxylic acid groups (broad SMARTS) is 1. The van der Waals surface area contributed by atoms with E-state index in [1.165, 1.54) is 17.0 Å². The van der Waals surface area contributed by atoms with Crippen LogP contribution in [0.15, 0.2) is 30.3 Å². The van der Waals surface area contributed by atoms with Crippen LogP contribution in [0.3, 0.4) is 0 Å². The zero-order chi connectivity index (χ0) is 14.9. The maximum Gasteiger partial charge on any atom is 0.326 e. The number of anilines is 1. The fraction of sp³-hybridized carbons (Fsp3) is 0.231. The lowest BCUT2D eigenvalue weighted by molar-refractivity contribution is -0.384. The van der Waals surface area contributed by atoms with E-state index < -0.39 is 16.9 Å². The lowest BCUT2D eigenvalue weighted by Gasteiger charge is -2.22. The first-order chi connectivity index (χ1) is 9.40. The normalized spacial score (nSPS) is 12.1. The summed E-state index contributed by atoms with van der Waals surface area (Å²) >= 11 is 0. The molecule has 1 heterocycles. The summed E-state index contributed by atoms with van der Waals surface area (Å²) in [5, 5.41) is 20.3. The SMILES string of the molecule is CC(C(=O)O)N(C)c1ccc2cc([N+](=O)[O-])ccc2n1. The van der Waals surface area contributed by atoms with Crippen LogP contribution in [0.25, 0.3) is 10.9 Å². The van der Waals surface area contributed by atoms with E-state index in [1.54, 1.807) is 32.2 Å². The van der Waals surface area contributed by atoms with Crippen LogP contribution in [0.1, 0.15) is 6.92 Å². The summed E-state index contributed by atoms with van der Waals surface area (Å²) in [7, 11) is 1.64. The number of carboxylic acids is 1. The Kier molecular flexibility index (Phi) is 3.51. The Morgan fingerprint density at radius 1 is 1.40 bits per heavy atom. The third-order valence-electron chi connectivity index (χ3n) is 3.17. The molecule has 1 aromatic carbocycles. The molecular formula is C13H13N3O4. The Morgan fingerprint density at radius 2 is 2.10 bits per heavy atom. The highest BCUT2D eigenvalue weighted by Gasteiger charge is 2.18. The number of nitro groups is 1. The fourth-order valence-electron chi connectivity index (χ4n) is 1.78. The van der Waals surface area contributed by atoms with E-state index in [1.807, 2.05) is 0 Å². The van der Waals surface area contributed by atoms with Crippen molar-refractivity contribution in [3.05, 3.63) is 40.4 Å². The Hall–Kier alpha value is -2.70. The van der Waals surface area contributed by atoms with Crippen molar-refractivity contribution in [1.29, 1.82) is 0 Å². The Labute approximate surface area is 114 Å². The van der Waals surface area contributed by atoms with Gasteiger partial charge in [0.25, 0.3) is 5.69 Å². The second-order valence-corrected chi connectivity index (χ2v) is 4.43. The van der Waals surface area contributed by atoms with E-state index in [0.717, 1.165) is 0 Å². The number of rotatable bonds is 4. The number of benzene rings is 1. The van der Waals surface area contributed by atoms with Gasteiger partial charge in [0.1, 0.15) is 11.9 Å². The highest BCUT2D eigenvalue weighted by molar-refractivity contribution is 5.83. The molecule has 0 fully saturated rings. The summed E-state index contributed by atoms with van der Waals surface area (Å²) in [5.74, 6) is -0.445. The van der Waals surface area contributed by atoms with Crippen molar-refractivity contribution >= 4 is 28.4 Å². The van der Waals surface area contributed by atoms with Crippen molar-refractivity contribution < 1.29 is 14.8 Å². The fourth-order valence-corrected chi connectivity index (χ4v) is 1.78. The molecular weight excluding hydrogens is 262 g/mol. The van der Waals surface area contributed by atoms with Crippen LogP contribution in [0, 0.1) is 10.1 Å². The minimum Gasteiger partial charge on any atom is -0.480 e. The van der Waals surface area contributed by atoms with Gasteiger partial charge < -0.3 is 10.0 Å². The smallest absolute Gasteiger partial charge is 0.326 e. The van der Waals surface area contributed by atoms with Crippen molar-refractivity contribution in [3.63, 3.8) is 0 Å². The van der Waals surface area contributed by atoms with Gasteiger partial charge in [0.05, 0.1) is 10.4 Å². The highest BCUT2D eigenvalue weighted by Crippen LogP contribution is 2.22. The van der Waals surface area contributed by atoms with E-state index in [9.17, 15) is 14.9 Å². The molecule has 2 aromatic rings. The topological polar surface area (TPSA) is 96.6 Å². The van der Waals surface area contributed by atoms with Gasteiger partial charge in [0.2, 0.25) is 0 Å². The molecule has 1 unspecified atom stereocenters. The largest absolute Gasteiger partial charge is 0.480 e. The van der Waals surface area contributed by atoms with Crippen LogP contribution < -0.4 is 4.90 Å². The van der Waals surface area contributed by atoms with Gasteiger partial charge in [-0.1, -0.05) is 0 Å². The number of hydrogen-bond donors (Lipinski definition) is 1. The Morgan fingerprint density at radius 3 is 2.70 bits per heavy atom. The van der Waals surface area contributed by atoms with Crippen LogP contribution in [0.4, 0.5) is 11.5 Å². The minimum atomic E-state index is -0.946. The van der Waals surface area contributed by atoms with Gasteiger partial charge in [-0.05, 0) is 25.1 Å². The van der Waals surface area contributed by atoms with Crippen molar-refractivity contribution in [2.24, 2.45) is 0 Å². The van der Waals surface area contributed by atoms with E-state index in [-0.39, 0.29) is 5.69 Å². The molecule has 104 valence electrons. The lowest BCUT2D eigenvalue weighted by Crippen LogP contribution is -2.36. The van der Waals surface area contributed by atoms with Crippen molar-refractivity contribution in [2.45, 2.75) is 13.0 Å². The first kappa shape index (κ1) is 13.7. The van der Waals surface area contributed by atoms with E-state index in [4.69, 9.17) is 5.11 Å². The zero-order valence-corrected chi connectivity index (χ0v) is 11.0. The van der Waals surface area contributed by atoms with Crippen LogP contribution in [-0.2, 0) is 4.79 Å². The maximum atomic E-state index is 11.0. The number of fused-ring (bicyclic) bond motifs is 1. The number of likely N-dealkylation sites (N-methyl/N-ethyl adjacent to an activating group) is 1. The van der Waals surface area contributed by atoms with Gasteiger partial charge in [-0.2, -0.15) is 0 Å². The van der Waals surface area contributed by atoms with Crippen molar-refractivity contribution in [1.82, 2.24) is 4.98 Å². The molecule has 0 bridgehead atoms. The zero-order valence-electron chi connectivity index (χ0n) is 11.0. The molecule has 1 N–H and O–H groups in total. The van der Waals surface area contributed by atoms with Gasteiger partial charge in [0.15, 0.2) is 0 Å². The second-order valence-electron chi connectivity index (χ2n) is 4.43. The average molecular weight is 275 g/mol. The molecule has 1 atom stereocenters. The summed E-state index contributed by atoms with van der Waals surface area (Å²) in [6.45, 7) is 1.56. The molecule has 0 saturated carbocycles. The van der Waals surface area contributed by atoms with Gasteiger partial charge in [-0.15, -0.1) is 0 Å². The van der Waals surface area contributed by atoms with Gasteiger partial charge >= 0.3 is 5.97 Å². The number of carbonyl (C=O) groups is 1. The Balaban J connectivity index is 2.42. The summed E-state index contributed by atoms with van der Waals surface area (Å²) < 4.78 is 0. The molecule has 0 aliphatic heterocycles.